The highest BCUT2D eigenvalue weighted by molar-refractivity contribution is 5.06. The summed E-state index contributed by atoms with van der Waals surface area (Å²) in [5, 5.41) is 8.05. The van der Waals surface area contributed by atoms with E-state index in [0.29, 0.717) is 6.54 Å². The third-order valence-electron chi connectivity index (χ3n) is 2.49. The van der Waals surface area contributed by atoms with Crippen molar-refractivity contribution in [2.45, 2.75) is 32.9 Å². The van der Waals surface area contributed by atoms with Crippen LogP contribution >= 0.6 is 0 Å². The van der Waals surface area contributed by atoms with E-state index in [1.165, 1.54) is 0 Å². The van der Waals surface area contributed by atoms with Crippen LogP contribution in [0.15, 0.2) is 22.7 Å². The van der Waals surface area contributed by atoms with Gasteiger partial charge in [-0.2, -0.15) is 0 Å². The largest absolute Gasteiger partial charge is 0.464 e. The van der Waals surface area contributed by atoms with Gasteiger partial charge in [0.1, 0.15) is 18.1 Å². The van der Waals surface area contributed by atoms with E-state index >= 15 is 0 Å². The smallest absolute Gasteiger partial charge is 0.125 e. The number of aryl methyl sites for hydroxylation is 1. The number of hydrogen-bond acceptors (Lipinski definition) is 4. The first-order chi connectivity index (χ1) is 7.69. The van der Waals surface area contributed by atoms with Crippen molar-refractivity contribution in [2.24, 2.45) is 5.73 Å². The molecular weight excluding hydrogens is 204 g/mol. The Kier molecular flexibility index (Phi) is 3.05. The maximum Gasteiger partial charge on any atom is 0.125 e. The van der Waals surface area contributed by atoms with Crippen molar-refractivity contribution in [1.29, 1.82) is 0 Å². The molecule has 0 aromatic carbocycles. The predicted molar refractivity (Wildman–Crippen MR) is 59.8 cm³/mol. The summed E-state index contributed by atoms with van der Waals surface area (Å²) in [6.45, 7) is 4.54. The number of nitrogens with two attached hydrogens (primary N) is 1. The van der Waals surface area contributed by atoms with Gasteiger partial charge in [-0.05, 0) is 25.5 Å². The Hall–Kier alpha value is -1.62. The van der Waals surface area contributed by atoms with Crippen molar-refractivity contribution in [1.82, 2.24) is 15.0 Å². The zero-order valence-corrected chi connectivity index (χ0v) is 9.55. The van der Waals surface area contributed by atoms with Gasteiger partial charge in [0.25, 0.3) is 0 Å². The fraction of sp³-hybridized carbons (Fsp3) is 0.455. The van der Waals surface area contributed by atoms with Crippen LogP contribution in [0.2, 0.25) is 0 Å². The minimum Gasteiger partial charge on any atom is -0.464 e. The quantitative estimate of drug-likeness (QED) is 0.850. The summed E-state index contributed by atoms with van der Waals surface area (Å²) in [6.07, 6.45) is 2.73. The average molecular weight is 220 g/mol. The molecule has 0 aliphatic heterocycles. The van der Waals surface area contributed by atoms with E-state index in [1.807, 2.05) is 32.2 Å². The number of furan rings is 1. The third-order valence-corrected chi connectivity index (χ3v) is 2.49. The van der Waals surface area contributed by atoms with Crippen molar-refractivity contribution in [3.63, 3.8) is 0 Å². The minimum absolute atomic E-state index is 0.0351. The Morgan fingerprint density at radius 2 is 2.31 bits per heavy atom. The van der Waals surface area contributed by atoms with Crippen molar-refractivity contribution in [3.05, 3.63) is 35.5 Å². The topological polar surface area (TPSA) is 69.9 Å². The summed E-state index contributed by atoms with van der Waals surface area (Å²) in [5.74, 6) is 1.78. The molecule has 2 aromatic heterocycles. The van der Waals surface area contributed by atoms with Crippen LogP contribution in [0.3, 0.4) is 0 Å². The number of nitrogens with zero attached hydrogens (tertiary/aromatic N) is 3. The van der Waals surface area contributed by atoms with Crippen LogP contribution in [0.1, 0.15) is 36.6 Å². The zero-order chi connectivity index (χ0) is 11.5. The lowest BCUT2D eigenvalue weighted by Crippen LogP contribution is -2.08. The van der Waals surface area contributed by atoms with Gasteiger partial charge in [-0.3, -0.25) is 0 Å². The Morgan fingerprint density at radius 1 is 1.50 bits per heavy atom. The van der Waals surface area contributed by atoms with Gasteiger partial charge in [0.15, 0.2) is 0 Å². The first kappa shape index (κ1) is 10.9. The lowest BCUT2D eigenvalue weighted by molar-refractivity contribution is 0.455. The molecule has 0 saturated heterocycles. The molecule has 86 valence electrons. The lowest BCUT2D eigenvalue weighted by Gasteiger charge is -2.01. The molecule has 2 heterocycles. The van der Waals surface area contributed by atoms with Crippen LogP contribution < -0.4 is 5.73 Å². The molecule has 0 aliphatic carbocycles. The second kappa shape index (κ2) is 4.49. The van der Waals surface area contributed by atoms with E-state index in [2.05, 4.69) is 10.3 Å². The molecule has 0 aliphatic rings. The fourth-order valence-electron chi connectivity index (χ4n) is 1.50. The first-order valence-corrected chi connectivity index (χ1v) is 5.40. The standard InChI is InChI=1S/C11H16N4O/c1-3-10(12)11-7-15(14-13-11)6-9-5-4-8(2)16-9/h4-5,7,10H,3,6,12H2,1-2H3. The zero-order valence-electron chi connectivity index (χ0n) is 9.55. The maximum absolute atomic E-state index is 5.87. The predicted octanol–water partition coefficient (Wildman–Crippen LogP) is 1.64. The molecule has 2 N–H and O–H groups in total. The molecule has 5 nitrogen and oxygen atoms in total. The van der Waals surface area contributed by atoms with E-state index < -0.39 is 0 Å². The minimum atomic E-state index is -0.0351. The van der Waals surface area contributed by atoms with Gasteiger partial charge in [-0.1, -0.05) is 12.1 Å². The monoisotopic (exact) mass is 220 g/mol. The molecule has 0 bridgehead atoms. The van der Waals surface area contributed by atoms with Crippen LogP contribution in [0, 0.1) is 6.92 Å². The highest BCUT2D eigenvalue weighted by Crippen LogP contribution is 2.11. The van der Waals surface area contributed by atoms with Gasteiger partial charge < -0.3 is 10.2 Å². The van der Waals surface area contributed by atoms with Gasteiger partial charge in [-0.15, -0.1) is 5.10 Å². The maximum atomic E-state index is 5.87. The van der Waals surface area contributed by atoms with Crippen LogP contribution in [-0.2, 0) is 6.54 Å². The van der Waals surface area contributed by atoms with Gasteiger partial charge in [0, 0.05) is 0 Å². The fourth-order valence-corrected chi connectivity index (χ4v) is 1.50. The molecule has 2 rings (SSSR count). The normalized spacial score (nSPS) is 12.9. The molecule has 2 aromatic rings. The average Bonchev–Trinajstić information content (AvgIpc) is 2.87. The highest BCUT2D eigenvalue weighted by Gasteiger charge is 2.09. The SMILES string of the molecule is CCC(N)c1cn(Cc2ccc(C)o2)nn1. The number of aromatic nitrogens is 3. The van der Waals surface area contributed by atoms with E-state index in [-0.39, 0.29) is 6.04 Å². The van der Waals surface area contributed by atoms with E-state index in [1.54, 1.807) is 4.68 Å². The van der Waals surface area contributed by atoms with Crippen LogP contribution in [0.4, 0.5) is 0 Å². The van der Waals surface area contributed by atoms with Gasteiger partial charge in [0.2, 0.25) is 0 Å². The first-order valence-electron chi connectivity index (χ1n) is 5.40. The van der Waals surface area contributed by atoms with Crippen molar-refractivity contribution in [2.75, 3.05) is 0 Å². The molecule has 0 spiro atoms. The van der Waals surface area contributed by atoms with E-state index in [9.17, 15) is 0 Å². The molecule has 0 saturated carbocycles. The Morgan fingerprint density at radius 3 is 2.94 bits per heavy atom. The van der Waals surface area contributed by atoms with Crippen LogP contribution in [0.25, 0.3) is 0 Å². The van der Waals surface area contributed by atoms with Crippen LogP contribution in [-0.4, -0.2) is 15.0 Å². The second-order valence-electron chi connectivity index (χ2n) is 3.87. The van der Waals surface area contributed by atoms with Crippen LogP contribution in [0.5, 0.6) is 0 Å². The molecule has 1 atom stereocenters. The molecule has 1 unspecified atom stereocenters. The summed E-state index contributed by atoms with van der Waals surface area (Å²) < 4.78 is 7.20. The van der Waals surface area contributed by atoms with Crippen molar-refractivity contribution < 1.29 is 4.42 Å². The van der Waals surface area contributed by atoms with Crippen molar-refractivity contribution in [3.8, 4) is 0 Å². The van der Waals surface area contributed by atoms with E-state index in [4.69, 9.17) is 10.2 Å². The molecule has 16 heavy (non-hydrogen) atoms. The molecule has 0 radical (unpaired) electrons. The highest BCUT2D eigenvalue weighted by atomic mass is 16.3. The molecule has 0 fully saturated rings. The second-order valence-corrected chi connectivity index (χ2v) is 3.87. The molecular formula is C11H16N4O. The summed E-state index contributed by atoms with van der Waals surface area (Å²) in [5.41, 5.74) is 6.69. The van der Waals surface area contributed by atoms with E-state index in [0.717, 1.165) is 23.6 Å². The molecule has 5 heteroatoms. The van der Waals surface area contributed by atoms with Gasteiger partial charge >= 0.3 is 0 Å². The Balaban J connectivity index is 2.08. The number of rotatable bonds is 4. The lowest BCUT2D eigenvalue weighted by atomic mass is 10.2. The number of hydrogen-bond donors (Lipinski definition) is 1. The van der Waals surface area contributed by atoms with Crippen molar-refractivity contribution >= 4 is 0 Å². The van der Waals surface area contributed by atoms with Gasteiger partial charge in [0.05, 0.1) is 17.9 Å². The summed E-state index contributed by atoms with van der Waals surface area (Å²) in [6, 6.07) is 3.84. The Labute approximate surface area is 94.2 Å². The van der Waals surface area contributed by atoms with Gasteiger partial charge in [-0.25, -0.2) is 4.68 Å². The third kappa shape index (κ3) is 2.30. The molecule has 0 amide bonds. The summed E-state index contributed by atoms with van der Waals surface area (Å²) >= 11 is 0. The summed E-state index contributed by atoms with van der Waals surface area (Å²) in [4.78, 5) is 0. The summed E-state index contributed by atoms with van der Waals surface area (Å²) in [7, 11) is 0. The Bertz CT molecular complexity index is 460.